The van der Waals surface area contributed by atoms with Gasteiger partial charge >= 0.3 is 5.88 Å². The summed E-state index contributed by atoms with van der Waals surface area (Å²) in [5.41, 5.74) is 7.20. The number of carbonyl (C=O) groups excluding carboxylic acids is 4. The topological polar surface area (TPSA) is 147 Å². The van der Waals surface area contributed by atoms with E-state index in [1.807, 2.05) is 23.5 Å². The second-order valence-corrected chi connectivity index (χ2v) is 19.7. The molecule has 3 aromatic carbocycles. The molecule has 0 bridgehead atoms. The number of hydrogen-bond donors (Lipinski definition) is 1. The van der Waals surface area contributed by atoms with E-state index >= 15 is 13.6 Å². The molecule has 0 unspecified atom stereocenters. The number of carbonyl (C=O) groups is 2. The van der Waals surface area contributed by atoms with E-state index in [1.165, 1.54) is 21.9 Å². The number of nitrogens with zero attached hydrogens (tertiary/aromatic N) is 8. The number of nitrogens with one attached hydrogen (secondary N) is 1. The highest BCUT2D eigenvalue weighted by Crippen LogP contribution is 2.55. The van der Waals surface area contributed by atoms with Crippen LogP contribution in [0, 0.1) is 31.4 Å². The first kappa shape index (κ1) is 45.5. The zero-order chi connectivity index (χ0) is 48.8. The van der Waals surface area contributed by atoms with Crippen LogP contribution in [0.1, 0.15) is 103 Å². The summed E-state index contributed by atoms with van der Waals surface area (Å²) < 4.78 is 41.0. The molecule has 6 heterocycles. The lowest BCUT2D eigenvalue weighted by atomic mass is 9.83. The van der Waals surface area contributed by atoms with Crippen LogP contribution in [0.4, 0.5) is 20.3 Å². The van der Waals surface area contributed by atoms with Crippen LogP contribution in [0.2, 0.25) is 0 Å². The van der Waals surface area contributed by atoms with Crippen LogP contribution in [-0.2, 0) is 42.3 Å². The molecule has 1 saturated carbocycles. The minimum absolute atomic E-state index is 0.00525. The van der Waals surface area contributed by atoms with E-state index < -0.39 is 17.4 Å². The molecule has 4 atom stereocenters. The average Bonchev–Trinajstić information content (AvgIpc) is 3.87. The molecule has 2 amide bonds. The zero-order valence-corrected chi connectivity index (χ0v) is 39.8. The Labute approximate surface area is 397 Å². The highest BCUT2D eigenvalue weighted by atomic mass is 19.1. The van der Waals surface area contributed by atoms with Gasteiger partial charge in [-0.1, -0.05) is 19.1 Å². The van der Waals surface area contributed by atoms with E-state index in [-0.39, 0.29) is 65.4 Å². The number of anilines is 2. The second-order valence-electron chi connectivity index (χ2n) is 19.7. The first-order chi connectivity index (χ1) is 32.9. The predicted octanol–water partition coefficient (Wildman–Crippen LogP) is 7.60. The molecule has 1 aliphatic carbocycles. The van der Waals surface area contributed by atoms with Gasteiger partial charge in [-0.05, 0) is 130 Å². The first-order valence-electron chi connectivity index (χ1n) is 23.2. The Morgan fingerprint density at radius 2 is 1.70 bits per heavy atom. The lowest BCUT2D eigenvalue weighted by Crippen LogP contribution is -2.43. The third kappa shape index (κ3) is 7.52. The van der Waals surface area contributed by atoms with Gasteiger partial charge in [0, 0.05) is 62.5 Å². The van der Waals surface area contributed by atoms with Crippen molar-refractivity contribution < 1.29 is 37.5 Å². The predicted molar refractivity (Wildman–Crippen MR) is 255 cm³/mol. The maximum atomic E-state index is 16.0. The summed E-state index contributed by atoms with van der Waals surface area (Å²) in [6, 6.07) is 15.4. The number of rotatable bonds is 9. The lowest BCUT2D eigenvalue weighted by Gasteiger charge is -2.36. The summed E-state index contributed by atoms with van der Waals surface area (Å²) >= 11 is 0. The van der Waals surface area contributed by atoms with Gasteiger partial charge < -0.3 is 23.9 Å². The van der Waals surface area contributed by atoms with Gasteiger partial charge in [0.15, 0.2) is 17.7 Å². The number of likely N-dealkylation sites (N-methyl/N-ethyl adjacent to an activating group) is 1. The molecule has 0 radical (unpaired) electrons. The number of benzene rings is 3. The largest absolute Gasteiger partial charge is 0.376 e. The molecule has 15 nitrogen and oxygen atoms in total. The third-order valence-electron chi connectivity index (χ3n) is 14.5. The number of ether oxygens (including phenoxy) is 1. The standard InChI is InChI=1S/C52H53F2N9O6/c1-29-19-37(20-30(2)47(29)54)63-48(61-17-16-60(44(61)28-65)41-11-9-33(21-38(41)53)22-45(66)58(7)8)46-32(4)59(15-13-39(46)56-63)49(67)42-24-36-23-34(35-14-18-68-51(5,6)26-35)10-12-40(36)62(42)52(25-31(52)3)50-55-43(27-64)69-57-50/h9-12,16-17,19-21,23-24,31-32,35H,13-15,18,22,25-26H2,1-8H3,(H,55,57)/t31-,32-,35-,52-/m0/s1. The van der Waals surface area contributed by atoms with Crippen molar-refractivity contribution in [3.05, 3.63) is 130 Å². The number of hydroxylamine groups is 1. The molecule has 69 heavy (non-hydrogen) atoms. The van der Waals surface area contributed by atoms with Crippen LogP contribution in [0.5, 0.6) is 0 Å². The lowest BCUT2D eigenvalue weighted by molar-refractivity contribution is -0.127. The van der Waals surface area contributed by atoms with Crippen molar-refractivity contribution in [1.82, 2.24) is 29.6 Å². The Bertz CT molecular complexity index is 3150. The minimum atomic E-state index is -0.852. The highest BCUT2D eigenvalue weighted by Gasteiger charge is 2.60. The van der Waals surface area contributed by atoms with Gasteiger partial charge in [-0.2, -0.15) is 10.1 Å². The fourth-order valence-corrected chi connectivity index (χ4v) is 10.8. The number of aliphatic imine (C=N–C) groups is 1. The van der Waals surface area contributed by atoms with Gasteiger partial charge in [0.1, 0.15) is 28.7 Å². The molecule has 0 spiro atoms. The van der Waals surface area contributed by atoms with Crippen LogP contribution < -0.4 is 15.3 Å². The number of amides is 2. The van der Waals surface area contributed by atoms with Crippen LogP contribution in [0.15, 0.2) is 83.7 Å². The number of aryl methyl sites for hydroxylation is 2. The van der Waals surface area contributed by atoms with Gasteiger partial charge in [0.25, 0.3) is 5.91 Å². The fourth-order valence-electron chi connectivity index (χ4n) is 10.8. The molecule has 5 aliphatic rings. The summed E-state index contributed by atoms with van der Waals surface area (Å²) in [6.07, 6.45) is 5.80. The third-order valence-corrected chi connectivity index (χ3v) is 14.5. The van der Waals surface area contributed by atoms with E-state index in [1.54, 1.807) is 79.0 Å². The van der Waals surface area contributed by atoms with Crippen molar-refractivity contribution in [1.29, 1.82) is 0 Å². The summed E-state index contributed by atoms with van der Waals surface area (Å²) in [4.78, 5) is 69.1. The molecule has 17 heteroatoms. The molecule has 356 valence electrons. The normalized spacial score (nSPS) is 22.6. The Morgan fingerprint density at radius 3 is 2.35 bits per heavy atom. The van der Waals surface area contributed by atoms with E-state index in [4.69, 9.17) is 14.7 Å². The first-order valence-corrected chi connectivity index (χ1v) is 23.2. The number of halogens is 2. The number of fused-ring (bicyclic) bond motifs is 2. The van der Waals surface area contributed by atoms with Crippen molar-refractivity contribution >= 4 is 51.9 Å². The Kier molecular flexibility index (Phi) is 11.0. The van der Waals surface area contributed by atoms with Gasteiger partial charge in [-0.25, -0.2) is 28.5 Å². The van der Waals surface area contributed by atoms with E-state index in [2.05, 4.69) is 49.4 Å². The average molecular weight is 938 g/mol. The Hall–Kier alpha value is -7.32. The van der Waals surface area contributed by atoms with Crippen molar-refractivity contribution in [3.63, 3.8) is 0 Å². The fraction of sp³-hybridized carbons (Fsp3) is 0.385. The molecular weight excluding hydrogens is 885 g/mol. The van der Waals surface area contributed by atoms with Gasteiger partial charge in [0.2, 0.25) is 11.7 Å². The van der Waals surface area contributed by atoms with E-state index in [9.17, 15) is 14.4 Å². The summed E-state index contributed by atoms with van der Waals surface area (Å²) in [5.74, 6) is 3.03. The smallest absolute Gasteiger partial charge is 0.332 e. The van der Waals surface area contributed by atoms with Gasteiger partial charge in [0.05, 0.1) is 35.1 Å². The molecule has 10 rings (SSSR count). The van der Waals surface area contributed by atoms with Crippen LogP contribution in [0.25, 0.3) is 16.6 Å². The maximum absolute atomic E-state index is 16.0. The van der Waals surface area contributed by atoms with Crippen molar-refractivity contribution in [2.75, 3.05) is 37.0 Å². The maximum Gasteiger partial charge on any atom is 0.332 e. The van der Waals surface area contributed by atoms with Crippen LogP contribution in [-0.4, -0.2) is 86.5 Å². The summed E-state index contributed by atoms with van der Waals surface area (Å²) in [7, 11) is 3.26. The molecule has 2 aromatic heterocycles. The van der Waals surface area contributed by atoms with Crippen molar-refractivity contribution in [2.45, 2.75) is 96.7 Å². The monoisotopic (exact) mass is 937 g/mol. The quantitative estimate of drug-likeness (QED) is 0.147. The SMILES string of the molecule is Cc1cc(-n2nc3c(c2N2C=CN(c4ccc(CC(=O)N(C)C)cc4F)C2=C=O)[C@H](C)N(C(=O)c2cc4cc([C@H]5CCOC(C)(C)C5)ccc4n2[C@@]2(C4=NC(=C=O)ON4)C[C@@H]2C)CC3)cc(C)c1F. The van der Waals surface area contributed by atoms with E-state index in [0.29, 0.717) is 70.4 Å². The van der Waals surface area contributed by atoms with Crippen LogP contribution in [0.3, 0.4) is 0 Å². The number of amidine groups is 1. The van der Waals surface area contributed by atoms with Crippen molar-refractivity contribution in [3.8, 4) is 5.69 Å². The number of aromatic nitrogens is 3. The van der Waals surface area contributed by atoms with Gasteiger partial charge in [-0.3, -0.25) is 19.4 Å². The highest BCUT2D eigenvalue weighted by molar-refractivity contribution is 6.03. The van der Waals surface area contributed by atoms with Gasteiger partial charge in [-0.15, -0.1) is 0 Å². The second kappa shape index (κ2) is 16.7. The molecule has 5 aromatic rings. The molecule has 4 aliphatic heterocycles. The minimum Gasteiger partial charge on any atom is -0.376 e. The number of hydrogen-bond acceptors (Lipinski definition) is 11. The molecule has 1 N–H and O–H groups in total. The molecular formula is C52H53F2N9O6. The Balaban J connectivity index is 1.08. The summed E-state index contributed by atoms with van der Waals surface area (Å²) in [6.45, 7) is 12.4. The summed E-state index contributed by atoms with van der Waals surface area (Å²) in [5, 5.41) is 5.97. The van der Waals surface area contributed by atoms with Crippen molar-refractivity contribution in [2.24, 2.45) is 10.9 Å². The molecule has 1 saturated heterocycles. The zero-order valence-electron chi connectivity index (χ0n) is 39.8. The van der Waals surface area contributed by atoms with E-state index in [0.717, 1.165) is 29.3 Å². The Morgan fingerprint density at radius 1 is 0.957 bits per heavy atom. The molecule has 2 fully saturated rings. The van der Waals surface area contributed by atoms with Crippen LogP contribution >= 0.6 is 0 Å².